The van der Waals surface area contributed by atoms with Crippen LogP contribution < -0.4 is 10.1 Å². The number of benzene rings is 1. The molecule has 0 spiro atoms. The molecule has 0 atom stereocenters. The van der Waals surface area contributed by atoms with Crippen LogP contribution in [0.5, 0.6) is 5.75 Å². The van der Waals surface area contributed by atoms with Crippen LogP contribution in [0, 0.1) is 6.92 Å². The van der Waals surface area contributed by atoms with Gasteiger partial charge in [0.2, 0.25) is 0 Å². The predicted octanol–water partition coefficient (Wildman–Crippen LogP) is 3.08. The average molecular weight is 404 g/mol. The highest BCUT2D eigenvalue weighted by Crippen LogP contribution is 2.37. The van der Waals surface area contributed by atoms with Crippen molar-refractivity contribution >= 4 is 32.2 Å². The molecule has 0 aliphatic carbocycles. The number of nitrogens with one attached hydrogen (secondary N) is 2. The molecular formula is C19H24N4O4S. The normalized spacial score (nSPS) is 12.4. The molecule has 9 heteroatoms. The number of methoxy groups -OCH3 is 1. The quantitative estimate of drug-likeness (QED) is 0.598. The van der Waals surface area contributed by atoms with Gasteiger partial charge in [0.15, 0.2) is 15.7 Å². The summed E-state index contributed by atoms with van der Waals surface area (Å²) in [6.45, 7) is 6.63. The summed E-state index contributed by atoms with van der Waals surface area (Å²) in [6, 6.07) is 4.95. The first-order chi connectivity index (χ1) is 13.1. The van der Waals surface area contributed by atoms with Gasteiger partial charge in [-0.2, -0.15) is 5.10 Å². The summed E-state index contributed by atoms with van der Waals surface area (Å²) in [5.41, 5.74) is 2.63. The van der Waals surface area contributed by atoms with Crippen LogP contribution in [0.1, 0.15) is 32.0 Å². The van der Waals surface area contributed by atoms with Crippen LogP contribution in [0.25, 0.3) is 10.9 Å². The molecule has 0 bridgehead atoms. The summed E-state index contributed by atoms with van der Waals surface area (Å²) in [6.07, 6.45) is 1.62. The van der Waals surface area contributed by atoms with Gasteiger partial charge in [0, 0.05) is 23.2 Å². The predicted molar refractivity (Wildman–Crippen MR) is 108 cm³/mol. The van der Waals surface area contributed by atoms with E-state index in [0.717, 1.165) is 5.56 Å². The summed E-state index contributed by atoms with van der Waals surface area (Å²) < 4.78 is 30.5. The molecule has 1 aromatic carbocycles. The number of anilines is 2. The second-order valence-corrected chi connectivity index (χ2v) is 10.1. The number of nitrogens with zero attached hydrogens (tertiary/aromatic N) is 2. The summed E-state index contributed by atoms with van der Waals surface area (Å²) in [7, 11) is -2.20. The number of hydrogen-bond donors (Lipinski definition) is 3. The number of aromatic amines is 1. The lowest BCUT2D eigenvalue weighted by Gasteiger charge is -2.21. The van der Waals surface area contributed by atoms with E-state index in [2.05, 4.69) is 20.5 Å². The third-order valence-corrected chi connectivity index (χ3v) is 7.15. The van der Waals surface area contributed by atoms with Gasteiger partial charge in [-0.15, -0.1) is 0 Å². The zero-order chi connectivity index (χ0) is 20.7. The Morgan fingerprint density at radius 2 is 2.00 bits per heavy atom. The van der Waals surface area contributed by atoms with Crippen molar-refractivity contribution in [2.75, 3.05) is 12.4 Å². The van der Waals surface area contributed by atoms with E-state index >= 15 is 0 Å². The molecule has 3 N–H and O–H groups in total. The van der Waals surface area contributed by atoms with Gasteiger partial charge >= 0.3 is 0 Å². The van der Waals surface area contributed by atoms with Gasteiger partial charge in [0.1, 0.15) is 10.6 Å². The van der Waals surface area contributed by atoms with Crippen molar-refractivity contribution < 1.29 is 18.3 Å². The van der Waals surface area contributed by atoms with Gasteiger partial charge in [-0.1, -0.05) is 0 Å². The fraction of sp³-hybridized carbons (Fsp3) is 0.368. The molecule has 0 radical (unpaired) electrons. The molecule has 0 fully saturated rings. The minimum atomic E-state index is -3.64. The van der Waals surface area contributed by atoms with Crippen LogP contribution in [0.15, 0.2) is 29.3 Å². The number of fused-ring (bicyclic) bond motifs is 1. The van der Waals surface area contributed by atoms with Crippen LogP contribution in [0.4, 0.5) is 11.5 Å². The lowest BCUT2D eigenvalue weighted by Crippen LogP contribution is -2.28. The lowest BCUT2D eigenvalue weighted by atomic mass is 10.1. The minimum Gasteiger partial charge on any atom is -0.495 e. The van der Waals surface area contributed by atoms with Gasteiger partial charge in [-0.3, -0.25) is 10.1 Å². The van der Waals surface area contributed by atoms with Crippen molar-refractivity contribution in [3.63, 3.8) is 0 Å². The third kappa shape index (κ3) is 3.31. The molecular weight excluding hydrogens is 380 g/mol. The van der Waals surface area contributed by atoms with Crippen molar-refractivity contribution in [3.05, 3.63) is 35.7 Å². The van der Waals surface area contributed by atoms with E-state index < -0.39 is 14.6 Å². The third-order valence-electron chi connectivity index (χ3n) is 4.64. The molecule has 150 valence electrons. The van der Waals surface area contributed by atoms with E-state index in [1.165, 1.54) is 7.11 Å². The maximum atomic E-state index is 13.1. The average Bonchev–Trinajstić information content (AvgIpc) is 2.99. The Hall–Kier alpha value is -2.65. The van der Waals surface area contributed by atoms with Crippen LogP contribution in [0.2, 0.25) is 0 Å². The van der Waals surface area contributed by atoms with E-state index in [0.29, 0.717) is 28.1 Å². The summed E-state index contributed by atoms with van der Waals surface area (Å²) in [5, 5.41) is 20.1. The number of aromatic nitrogens is 3. The number of aliphatic hydroxyl groups is 1. The number of rotatable bonds is 5. The Morgan fingerprint density at radius 3 is 2.57 bits per heavy atom. The first kappa shape index (κ1) is 20.1. The SMILES string of the molecule is COc1cc2nccc(Nc3n[nH]c(CO)c3C)c2cc1S(=O)(=O)C(C)(C)C. The molecule has 0 aliphatic heterocycles. The van der Waals surface area contributed by atoms with E-state index in [-0.39, 0.29) is 17.3 Å². The molecule has 3 rings (SSSR count). The Balaban J connectivity index is 2.21. The topological polar surface area (TPSA) is 117 Å². The largest absolute Gasteiger partial charge is 0.495 e. The number of hydrogen-bond acceptors (Lipinski definition) is 7. The second kappa shape index (κ2) is 7.06. The number of sulfone groups is 1. The highest BCUT2D eigenvalue weighted by molar-refractivity contribution is 7.92. The minimum absolute atomic E-state index is 0.112. The maximum Gasteiger partial charge on any atom is 0.186 e. The smallest absolute Gasteiger partial charge is 0.186 e. The van der Waals surface area contributed by atoms with Crippen LogP contribution in [-0.2, 0) is 16.4 Å². The van der Waals surface area contributed by atoms with Gasteiger partial charge in [0.05, 0.1) is 35.4 Å². The number of ether oxygens (including phenoxy) is 1. The highest BCUT2D eigenvalue weighted by Gasteiger charge is 2.34. The number of H-pyrrole nitrogens is 1. The summed E-state index contributed by atoms with van der Waals surface area (Å²) in [4.78, 5) is 4.45. The van der Waals surface area contributed by atoms with Crippen LogP contribution in [0.3, 0.4) is 0 Å². The van der Waals surface area contributed by atoms with Gasteiger partial charge < -0.3 is 15.2 Å². The number of pyridine rings is 1. The van der Waals surface area contributed by atoms with Crippen molar-refractivity contribution in [1.82, 2.24) is 15.2 Å². The molecule has 3 aromatic rings. The monoisotopic (exact) mass is 404 g/mol. The fourth-order valence-electron chi connectivity index (χ4n) is 2.80. The molecule has 0 saturated heterocycles. The van der Waals surface area contributed by atoms with E-state index in [1.807, 2.05) is 6.92 Å². The molecule has 28 heavy (non-hydrogen) atoms. The van der Waals surface area contributed by atoms with Crippen LogP contribution in [-0.4, -0.2) is 40.6 Å². The Kier molecular flexibility index (Phi) is 5.07. The molecule has 2 heterocycles. The lowest BCUT2D eigenvalue weighted by molar-refractivity contribution is 0.276. The molecule has 2 aromatic heterocycles. The standard InChI is InChI=1S/C19H24N4O4S/c1-11-15(10-24)22-23-18(11)21-13-6-7-20-14-9-16(27-5)17(8-12(13)14)28(25,26)19(2,3)4/h6-9,24H,10H2,1-5H3,(H2,20,21,22,23). The van der Waals surface area contributed by atoms with E-state index in [9.17, 15) is 13.5 Å². The first-order valence-electron chi connectivity index (χ1n) is 8.73. The first-order valence-corrected chi connectivity index (χ1v) is 10.2. The molecule has 0 unspecified atom stereocenters. The van der Waals surface area contributed by atoms with Gasteiger partial charge in [-0.05, 0) is 39.8 Å². The molecule has 0 saturated carbocycles. The maximum absolute atomic E-state index is 13.1. The summed E-state index contributed by atoms with van der Waals surface area (Å²) in [5.74, 6) is 0.804. The zero-order valence-corrected chi connectivity index (χ0v) is 17.3. The Morgan fingerprint density at radius 1 is 1.29 bits per heavy atom. The van der Waals surface area contributed by atoms with Crippen LogP contribution >= 0.6 is 0 Å². The van der Waals surface area contributed by atoms with Crippen molar-refractivity contribution in [2.45, 2.75) is 43.9 Å². The van der Waals surface area contributed by atoms with Crippen molar-refractivity contribution in [3.8, 4) is 5.75 Å². The molecule has 0 aliphatic rings. The van der Waals surface area contributed by atoms with Gasteiger partial charge in [-0.25, -0.2) is 8.42 Å². The van der Waals surface area contributed by atoms with Gasteiger partial charge in [0.25, 0.3) is 0 Å². The zero-order valence-electron chi connectivity index (χ0n) is 16.5. The molecule has 8 nitrogen and oxygen atoms in total. The second-order valence-electron chi connectivity index (χ2n) is 7.45. The fourth-order valence-corrected chi connectivity index (χ4v) is 4.14. The number of aliphatic hydroxyl groups excluding tert-OH is 1. The summed E-state index contributed by atoms with van der Waals surface area (Å²) >= 11 is 0. The van der Waals surface area contributed by atoms with E-state index in [4.69, 9.17) is 4.74 Å². The van der Waals surface area contributed by atoms with Crippen molar-refractivity contribution in [1.29, 1.82) is 0 Å². The Bertz CT molecular complexity index is 1130. The molecule has 0 amide bonds. The van der Waals surface area contributed by atoms with Crippen molar-refractivity contribution in [2.24, 2.45) is 0 Å². The Labute approximate surface area is 163 Å². The highest BCUT2D eigenvalue weighted by atomic mass is 32.2. The van der Waals surface area contributed by atoms with E-state index in [1.54, 1.807) is 45.2 Å².